The van der Waals surface area contributed by atoms with Crippen molar-refractivity contribution in [3.8, 4) is 5.69 Å². The molecule has 5 rings (SSSR count). The van der Waals surface area contributed by atoms with E-state index in [1.807, 2.05) is 24.3 Å². The van der Waals surface area contributed by atoms with Crippen LogP contribution in [0.2, 0.25) is 5.02 Å². The maximum absolute atomic E-state index is 11.2. The highest BCUT2D eigenvalue weighted by atomic mass is 35.5. The monoisotopic (exact) mass is 425 g/mol. The molecule has 2 aromatic heterocycles. The predicted molar refractivity (Wildman–Crippen MR) is 110 cm³/mol. The molecule has 1 aromatic carbocycles. The number of halogens is 1. The maximum Gasteiger partial charge on any atom is 0.354 e. The Morgan fingerprint density at radius 1 is 1.13 bits per heavy atom. The average Bonchev–Trinajstić information content (AvgIpc) is 3.09. The van der Waals surface area contributed by atoms with Crippen LogP contribution in [0, 0.1) is 0 Å². The standard InChI is InChI=1S/C21H20ClN5O3/c22-15-4-5-17-14(10-15)11-30-12-19-24-25-20(27(17)19)13-6-8-26(9-7-13)18-3-1-2-16(23-18)21(28)29/h1-5,10,13H,6-9,11-12H2,(H,28,29). The molecule has 4 heterocycles. The molecule has 0 aliphatic carbocycles. The minimum atomic E-state index is -1.01. The SMILES string of the molecule is O=C(O)c1cccc(N2CCC(c3nnc4n3-c3ccc(Cl)cc3COC4)CC2)n1. The number of ether oxygens (including phenoxy) is 1. The number of piperidine rings is 1. The Hall–Kier alpha value is -2.97. The van der Waals surface area contributed by atoms with Crippen LogP contribution in [0.5, 0.6) is 0 Å². The van der Waals surface area contributed by atoms with Crippen molar-refractivity contribution < 1.29 is 14.6 Å². The Labute approximate surface area is 178 Å². The molecule has 1 fully saturated rings. The van der Waals surface area contributed by atoms with E-state index in [9.17, 15) is 9.90 Å². The van der Waals surface area contributed by atoms with Gasteiger partial charge in [-0.05, 0) is 43.2 Å². The quantitative estimate of drug-likeness (QED) is 0.687. The van der Waals surface area contributed by atoms with Crippen molar-refractivity contribution in [3.05, 3.63) is 64.3 Å². The summed E-state index contributed by atoms with van der Waals surface area (Å²) in [6.45, 7) is 2.44. The summed E-state index contributed by atoms with van der Waals surface area (Å²) in [7, 11) is 0. The highest BCUT2D eigenvalue weighted by Crippen LogP contribution is 2.33. The summed E-state index contributed by atoms with van der Waals surface area (Å²) >= 11 is 6.18. The summed E-state index contributed by atoms with van der Waals surface area (Å²) < 4.78 is 7.88. The van der Waals surface area contributed by atoms with E-state index in [1.165, 1.54) is 6.07 Å². The van der Waals surface area contributed by atoms with Crippen LogP contribution in [0.1, 0.15) is 46.5 Å². The second-order valence-electron chi connectivity index (χ2n) is 7.52. The maximum atomic E-state index is 11.2. The molecule has 0 spiro atoms. The third-order valence-corrected chi connectivity index (χ3v) is 5.90. The molecule has 0 saturated carbocycles. The lowest BCUT2D eigenvalue weighted by molar-refractivity contribution is 0.0690. The van der Waals surface area contributed by atoms with Gasteiger partial charge in [0.05, 0.1) is 12.3 Å². The van der Waals surface area contributed by atoms with Gasteiger partial charge in [-0.1, -0.05) is 17.7 Å². The molecule has 0 unspecified atom stereocenters. The number of benzene rings is 1. The number of hydrogen-bond donors (Lipinski definition) is 1. The van der Waals surface area contributed by atoms with Gasteiger partial charge in [-0.25, -0.2) is 9.78 Å². The van der Waals surface area contributed by atoms with E-state index in [4.69, 9.17) is 16.3 Å². The first kappa shape index (κ1) is 19.0. The molecule has 8 nitrogen and oxygen atoms in total. The van der Waals surface area contributed by atoms with Crippen LogP contribution in [0.25, 0.3) is 5.69 Å². The Morgan fingerprint density at radius 3 is 2.77 bits per heavy atom. The number of carbonyl (C=O) groups is 1. The van der Waals surface area contributed by atoms with Gasteiger partial charge in [0.1, 0.15) is 18.2 Å². The number of nitrogens with zero attached hydrogens (tertiary/aromatic N) is 5. The number of carboxylic acids is 1. The Kier molecular flexibility index (Phi) is 4.88. The largest absolute Gasteiger partial charge is 0.477 e. The van der Waals surface area contributed by atoms with Gasteiger partial charge >= 0.3 is 5.97 Å². The van der Waals surface area contributed by atoms with Gasteiger partial charge in [-0.3, -0.25) is 4.57 Å². The molecular formula is C21H20ClN5O3. The van der Waals surface area contributed by atoms with E-state index in [-0.39, 0.29) is 11.6 Å². The van der Waals surface area contributed by atoms with E-state index >= 15 is 0 Å². The van der Waals surface area contributed by atoms with Crippen molar-refractivity contribution in [2.24, 2.45) is 0 Å². The first-order valence-electron chi connectivity index (χ1n) is 9.86. The van der Waals surface area contributed by atoms with Crippen LogP contribution in [0.4, 0.5) is 5.82 Å². The van der Waals surface area contributed by atoms with E-state index in [2.05, 4.69) is 24.6 Å². The summed E-state index contributed by atoms with van der Waals surface area (Å²) in [6.07, 6.45) is 1.75. The van der Waals surface area contributed by atoms with E-state index in [1.54, 1.807) is 6.07 Å². The molecule has 0 atom stereocenters. The zero-order valence-electron chi connectivity index (χ0n) is 16.2. The lowest BCUT2D eigenvalue weighted by atomic mass is 9.95. The number of anilines is 1. The second kappa shape index (κ2) is 7.70. The first-order valence-corrected chi connectivity index (χ1v) is 10.2. The molecular weight excluding hydrogens is 406 g/mol. The van der Waals surface area contributed by atoms with Crippen molar-refractivity contribution in [2.45, 2.75) is 32.0 Å². The minimum Gasteiger partial charge on any atom is -0.477 e. The molecule has 154 valence electrons. The average molecular weight is 426 g/mol. The molecule has 0 bridgehead atoms. The fourth-order valence-corrected chi connectivity index (χ4v) is 4.37. The predicted octanol–water partition coefficient (Wildman–Crippen LogP) is 3.43. The van der Waals surface area contributed by atoms with Crippen molar-refractivity contribution >= 4 is 23.4 Å². The number of rotatable bonds is 3. The van der Waals surface area contributed by atoms with Crippen LogP contribution >= 0.6 is 11.6 Å². The number of pyridine rings is 1. The molecule has 2 aliphatic heterocycles. The zero-order chi connectivity index (χ0) is 20.7. The van der Waals surface area contributed by atoms with Gasteiger partial charge in [0.2, 0.25) is 0 Å². The summed E-state index contributed by atoms with van der Waals surface area (Å²) in [5.74, 6) is 1.66. The zero-order valence-corrected chi connectivity index (χ0v) is 16.9. The molecule has 9 heteroatoms. The molecule has 3 aromatic rings. The second-order valence-corrected chi connectivity index (χ2v) is 7.96. The number of fused-ring (bicyclic) bond motifs is 3. The fourth-order valence-electron chi connectivity index (χ4n) is 4.18. The number of aromatic nitrogens is 4. The van der Waals surface area contributed by atoms with Gasteiger partial charge in [0, 0.05) is 29.6 Å². The Bertz CT molecular complexity index is 1110. The Balaban J connectivity index is 1.40. The normalized spacial score (nSPS) is 16.6. The summed E-state index contributed by atoms with van der Waals surface area (Å²) in [4.78, 5) is 17.6. The van der Waals surface area contributed by atoms with Crippen molar-refractivity contribution in [3.63, 3.8) is 0 Å². The number of aromatic carboxylic acids is 1. The van der Waals surface area contributed by atoms with Gasteiger partial charge in [0.15, 0.2) is 11.5 Å². The van der Waals surface area contributed by atoms with Crippen LogP contribution in [0.3, 0.4) is 0 Å². The molecule has 30 heavy (non-hydrogen) atoms. The molecule has 0 amide bonds. The van der Waals surface area contributed by atoms with E-state index < -0.39 is 5.97 Å². The number of hydrogen-bond acceptors (Lipinski definition) is 6. The first-order chi connectivity index (χ1) is 14.6. The lowest BCUT2D eigenvalue weighted by Gasteiger charge is -2.32. The van der Waals surface area contributed by atoms with Crippen LogP contribution < -0.4 is 4.90 Å². The smallest absolute Gasteiger partial charge is 0.354 e. The number of carboxylic acid groups (broad SMARTS) is 1. The van der Waals surface area contributed by atoms with Crippen LogP contribution in [0.15, 0.2) is 36.4 Å². The van der Waals surface area contributed by atoms with Gasteiger partial charge in [-0.15, -0.1) is 10.2 Å². The Morgan fingerprint density at radius 2 is 1.97 bits per heavy atom. The van der Waals surface area contributed by atoms with Crippen LogP contribution in [-0.4, -0.2) is 43.9 Å². The minimum absolute atomic E-state index is 0.0627. The van der Waals surface area contributed by atoms with Gasteiger partial charge in [-0.2, -0.15) is 0 Å². The highest BCUT2D eigenvalue weighted by molar-refractivity contribution is 6.30. The summed E-state index contributed by atoms with van der Waals surface area (Å²) in [6, 6.07) is 10.9. The molecule has 1 N–H and O–H groups in total. The fraction of sp³-hybridized carbons (Fsp3) is 0.333. The third-order valence-electron chi connectivity index (χ3n) is 5.66. The van der Waals surface area contributed by atoms with E-state index in [0.29, 0.717) is 24.1 Å². The van der Waals surface area contributed by atoms with Crippen molar-refractivity contribution in [1.29, 1.82) is 0 Å². The lowest BCUT2D eigenvalue weighted by Crippen LogP contribution is -2.34. The molecule has 0 radical (unpaired) electrons. The van der Waals surface area contributed by atoms with E-state index in [0.717, 1.165) is 48.8 Å². The molecule has 1 saturated heterocycles. The van der Waals surface area contributed by atoms with Crippen molar-refractivity contribution in [2.75, 3.05) is 18.0 Å². The molecule has 2 aliphatic rings. The van der Waals surface area contributed by atoms with Crippen molar-refractivity contribution in [1.82, 2.24) is 19.7 Å². The highest BCUT2D eigenvalue weighted by Gasteiger charge is 2.29. The van der Waals surface area contributed by atoms with Crippen LogP contribution in [-0.2, 0) is 18.0 Å². The summed E-state index contributed by atoms with van der Waals surface area (Å²) in [5.41, 5.74) is 2.10. The topological polar surface area (TPSA) is 93.4 Å². The summed E-state index contributed by atoms with van der Waals surface area (Å²) in [5, 5.41) is 18.8. The van der Waals surface area contributed by atoms with Gasteiger partial charge in [0.25, 0.3) is 0 Å². The third kappa shape index (κ3) is 3.42. The van der Waals surface area contributed by atoms with Gasteiger partial charge < -0.3 is 14.7 Å².